The van der Waals surface area contributed by atoms with E-state index in [4.69, 9.17) is 23.7 Å². The molecule has 2 aromatic rings. The molecule has 0 saturated carbocycles. The molecule has 35 heavy (non-hydrogen) atoms. The highest BCUT2D eigenvalue weighted by molar-refractivity contribution is 7.17. The van der Waals surface area contributed by atoms with Crippen molar-refractivity contribution in [1.82, 2.24) is 0 Å². The van der Waals surface area contributed by atoms with Gasteiger partial charge in [-0.3, -0.25) is 4.79 Å². The normalized spacial score (nSPS) is 14.7. The predicted octanol–water partition coefficient (Wildman–Crippen LogP) is 3.88. The summed E-state index contributed by atoms with van der Waals surface area (Å²) < 4.78 is 25.9. The molecule has 1 heterocycles. The number of fused-ring (bicyclic) bond motifs is 1. The van der Waals surface area contributed by atoms with Crippen LogP contribution in [0.4, 0.5) is 5.00 Å². The quantitative estimate of drug-likeness (QED) is 0.406. The number of hydrogen-bond donors (Lipinski definition) is 1. The Morgan fingerprint density at radius 1 is 1.09 bits per heavy atom. The van der Waals surface area contributed by atoms with E-state index in [0.717, 1.165) is 29.7 Å². The monoisotopic (exact) mass is 503 g/mol. The zero-order valence-electron chi connectivity index (χ0n) is 20.4. The second-order valence-corrected chi connectivity index (χ2v) is 9.10. The maximum Gasteiger partial charge on any atom is 0.341 e. The van der Waals surface area contributed by atoms with Crippen molar-refractivity contribution in [2.75, 3.05) is 40.4 Å². The summed E-state index contributed by atoms with van der Waals surface area (Å²) in [6.07, 6.45) is 5.28. The van der Waals surface area contributed by atoms with Gasteiger partial charge in [-0.15, -0.1) is 11.3 Å². The van der Waals surface area contributed by atoms with Crippen molar-refractivity contribution in [3.63, 3.8) is 0 Å². The maximum atomic E-state index is 12.5. The van der Waals surface area contributed by atoms with E-state index in [1.54, 1.807) is 12.1 Å². The number of ether oxygens (including phenoxy) is 5. The van der Waals surface area contributed by atoms with Crippen LogP contribution in [0.1, 0.15) is 39.7 Å². The Hall–Kier alpha value is -3.53. The summed E-state index contributed by atoms with van der Waals surface area (Å²) in [5, 5.41) is 3.12. The molecule has 1 aliphatic rings. The first-order chi connectivity index (χ1) is 16.8. The molecule has 0 aliphatic heterocycles. The molecular weight excluding hydrogens is 474 g/mol. The van der Waals surface area contributed by atoms with Crippen molar-refractivity contribution in [2.45, 2.75) is 26.2 Å². The van der Waals surface area contributed by atoms with Crippen LogP contribution in [-0.4, -0.2) is 52.9 Å². The van der Waals surface area contributed by atoms with E-state index in [1.165, 1.54) is 51.9 Å². The van der Waals surface area contributed by atoms with Gasteiger partial charge in [0.05, 0.1) is 34.0 Å². The maximum absolute atomic E-state index is 12.5. The van der Waals surface area contributed by atoms with Crippen molar-refractivity contribution in [2.24, 2.45) is 5.92 Å². The van der Waals surface area contributed by atoms with Gasteiger partial charge in [-0.25, -0.2) is 9.59 Å². The van der Waals surface area contributed by atoms with E-state index in [-0.39, 0.29) is 0 Å². The minimum atomic E-state index is -0.707. The Morgan fingerprint density at radius 2 is 1.77 bits per heavy atom. The molecule has 1 aliphatic carbocycles. The number of benzene rings is 1. The molecule has 0 saturated heterocycles. The van der Waals surface area contributed by atoms with Gasteiger partial charge in [0.2, 0.25) is 5.75 Å². The number of amides is 1. The number of esters is 2. The smallest absolute Gasteiger partial charge is 0.341 e. The Labute approximate surface area is 208 Å². The molecule has 1 amide bonds. The SMILES string of the molecule is COC(=O)c1c(NC(=O)COC(=O)/C=C/c2cc(OC)c(OC)c(OC)c2)sc2c1CCC(C)C2. The zero-order valence-corrected chi connectivity index (χ0v) is 21.2. The van der Waals surface area contributed by atoms with Crippen LogP contribution in [0.15, 0.2) is 18.2 Å². The van der Waals surface area contributed by atoms with Crippen molar-refractivity contribution >= 4 is 40.3 Å². The van der Waals surface area contributed by atoms with Crippen molar-refractivity contribution < 1.29 is 38.1 Å². The molecule has 1 unspecified atom stereocenters. The van der Waals surface area contributed by atoms with Crippen LogP contribution in [-0.2, 0) is 31.9 Å². The average molecular weight is 504 g/mol. The van der Waals surface area contributed by atoms with Gasteiger partial charge in [0, 0.05) is 11.0 Å². The lowest BCUT2D eigenvalue weighted by Gasteiger charge is -2.18. The van der Waals surface area contributed by atoms with Gasteiger partial charge in [0.25, 0.3) is 5.91 Å². The van der Waals surface area contributed by atoms with Crippen molar-refractivity contribution in [3.05, 3.63) is 39.8 Å². The Kier molecular flexibility index (Phi) is 8.75. The third kappa shape index (κ3) is 6.13. The third-order valence-electron chi connectivity index (χ3n) is 5.60. The molecule has 1 aromatic heterocycles. The molecule has 1 N–H and O–H groups in total. The van der Waals surface area contributed by atoms with Crippen LogP contribution in [0.3, 0.4) is 0 Å². The minimum Gasteiger partial charge on any atom is -0.493 e. The lowest BCUT2D eigenvalue weighted by Crippen LogP contribution is -2.21. The van der Waals surface area contributed by atoms with Gasteiger partial charge in [-0.1, -0.05) is 6.92 Å². The van der Waals surface area contributed by atoms with Crippen LogP contribution >= 0.6 is 11.3 Å². The summed E-state index contributed by atoms with van der Waals surface area (Å²) in [5.74, 6) is 0.0776. The van der Waals surface area contributed by atoms with Crippen molar-refractivity contribution in [1.29, 1.82) is 0 Å². The summed E-state index contributed by atoms with van der Waals surface area (Å²) in [4.78, 5) is 38.1. The summed E-state index contributed by atoms with van der Waals surface area (Å²) in [6.45, 7) is 1.65. The Bertz CT molecular complexity index is 1110. The molecule has 9 nitrogen and oxygen atoms in total. The van der Waals surface area contributed by atoms with E-state index >= 15 is 0 Å². The number of hydrogen-bond acceptors (Lipinski definition) is 9. The Balaban J connectivity index is 1.64. The van der Waals surface area contributed by atoms with Gasteiger partial charge in [0.15, 0.2) is 18.1 Å². The molecule has 0 bridgehead atoms. The molecule has 3 rings (SSSR count). The molecule has 1 aromatic carbocycles. The molecule has 10 heteroatoms. The number of carbonyl (C=O) groups is 3. The lowest BCUT2D eigenvalue weighted by atomic mass is 9.88. The van der Waals surface area contributed by atoms with Crippen LogP contribution in [0.5, 0.6) is 17.2 Å². The third-order valence-corrected chi connectivity index (χ3v) is 6.77. The molecule has 0 spiro atoms. The number of carbonyl (C=O) groups excluding carboxylic acids is 3. The van der Waals surface area contributed by atoms with Crippen LogP contribution in [0.25, 0.3) is 6.08 Å². The van der Waals surface area contributed by atoms with E-state index in [0.29, 0.717) is 39.3 Å². The van der Waals surface area contributed by atoms with Crippen LogP contribution in [0, 0.1) is 5.92 Å². The summed E-state index contributed by atoms with van der Waals surface area (Å²) >= 11 is 1.37. The first-order valence-electron chi connectivity index (χ1n) is 11.0. The van der Waals surface area contributed by atoms with Gasteiger partial charge in [0.1, 0.15) is 5.00 Å². The second-order valence-electron chi connectivity index (χ2n) is 8.00. The minimum absolute atomic E-state index is 0.390. The van der Waals surface area contributed by atoms with Gasteiger partial charge >= 0.3 is 11.9 Å². The molecule has 1 atom stereocenters. The van der Waals surface area contributed by atoms with E-state index < -0.39 is 24.5 Å². The summed E-state index contributed by atoms with van der Waals surface area (Å²) in [5.41, 5.74) is 1.93. The standard InChI is InChI=1S/C25H29NO8S/c1-14-6-8-16-19(10-14)35-24(22(16)25(29)33-5)26-20(27)13-34-21(28)9-7-15-11-17(30-2)23(32-4)18(12-15)31-3/h7,9,11-12,14H,6,8,10,13H2,1-5H3,(H,26,27)/b9-7+. The molecule has 0 radical (unpaired) electrons. The highest BCUT2D eigenvalue weighted by atomic mass is 32.1. The number of methoxy groups -OCH3 is 4. The fourth-order valence-corrected chi connectivity index (χ4v) is 5.28. The first kappa shape index (κ1) is 26.1. The lowest BCUT2D eigenvalue weighted by molar-refractivity contribution is -0.142. The van der Waals surface area contributed by atoms with E-state index in [2.05, 4.69) is 12.2 Å². The van der Waals surface area contributed by atoms with Crippen LogP contribution in [0.2, 0.25) is 0 Å². The summed E-state index contributed by atoms with van der Waals surface area (Å²) in [7, 11) is 5.80. The average Bonchev–Trinajstić information content (AvgIpc) is 3.21. The molecule has 188 valence electrons. The van der Waals surface area contributed by atoms with Gasteiger partial charge in [-0.2, -0.15) is 0 Å². The number of nitrogens with one attached hydrogen (secondary N) is 1. The molecule has 0 fully saturated rings. The number of rotatable bonds is 9. The highest BCUT2D eigenvalue weighted by Crippen LogP contribution is 2.40. The fraction of sp³-hybridized carbons (Fsp3) is 0.400. The molecular formula is C25H29NO8S. The van der Waals surface area contributed by atoms with Gasteiger partial charge in [-0.05, 0) is 54.5 Å². The topological polar surface area (TPSA) is 109 Å². The second kappa shape index (κ2) is 11.7. The van der Waals surface area contributed by atoms with Crippen LogP contribution < -0.4 is 19.5 Å². The van der Waals surface area contributed by atoms with E-state index in [1.807, 2.05) is 0 Å². The number of anilines is 1. The van der Waals surface area contributed by atoms with Crippen molar-refractivity contribution in [3.8, 4) is 17.2 Å². The number of thiophene rings is 1. The zero-order chi connectivity index (χ0) is 25.5. The Morgan fingerprint density at radius 3 is 2.37 bits per heavy atom. The van der Waals surface area contributed by atoms with E-state index in [9.17, 15) is 14.4 Å². The fourth-order valence-electron chi connectivity index (χ4n) is 3.87. The largest absolute Gasteiger partial charge is 0.493 e. The predicted molar refractivity (Wildman–Crippen MR) is 132 cm³/mol. The summed E-state index contributed by atoms with van der Waals surface area (Å²) in [6, 6.07) is 3.34. The highest BCUT2D eigenvalue weighted by Gasteiger charge is 2.29. The van der Waals surface area contributed by atoms with Gasteiger partial charge < -0.3 is 29.0 Å². The first-order valence-corrected chi connectivity index (χ1v) is 11.8.